The third-order valence-corrected chi connectivity index (χ3v) is 3.23. The molecule has 0 unspecified atom stereocenters. The molecule has 0 aliphatic rings. The first kappa shape index (κ1) is 12.0. The Kier molecular flexibility index (Phi) is 2.71. The van der Waals surface area contributed by atoms with E-state index in [2.05, 4.69) is 9.97 Å². The van der Waals surface area contributed by atoms with Crippen molar-refractivity contribution in [2.75, 3.05) is 0 Å². The van der Waals surface area contributed by atoms with Crippen LogP contribution in [-0.4, -0.2) is 14.5 Å². The quantitative estimate of drug-likeness (QED) is 0.682. The lowest BCUT2D eigenvalue weighted by Crippen LogP contribution is -1.95. The van der Waals surface area contributed by atoms with Crippen LogP contribution in [0, 0.1) is 11.6 Å². The molecule has 0 saturated heterocycles. The number of fused-ring (bicyclic) bond motifs is 1. The van der Waals surface area contributed by atoms with E-state index in [1.54, 1.807) is 11.6 Å². The lowest BCUT2D eigenvalue weighted by molar-refractivity contribution is 0.622. The topological polar surface area (TPSA) is 30.7 Å². The molecule has 0 atom stereocenters. The SMILES string of the molecule is Cn1c(-c2ccncc2F)nc2cc(F)c(Cl)cc21. The molecular weight excluding hydrogens is 272 g/mol. The minimum atomic E-state index is -0.547. The van der Waals surface area contributed by atoms with Gasteiger partial charge < -0.3 is 4.57 Å². The molecule has 6 heteroatoms. The highest BCUT2D eigenvalue weighted by Gasteiger charge is 2.15. The van der Waals surface area contributed by atoms with E-state index in [9.17, 15) is 8.78 Å². The predicted molar refractivity (Wildman–Crippen MR) is 68.9 cm³/mol. The van der Waals surface area contributed by atoms with Crippen LogP contribution < -0.4 is 0 Å². The maximum Gasteiger partial charge on any atom is 0.152 e. The van der Waals surface area contributed by atoms with E-state index in [0.717, 1.165) is 6.20 Å². The summed E-state index contributed by atoms with van der Waals surface area (Å²) in [7, 11) is 1.72. The van der Waals surface area contributed by atoms with Crippen molar-refractivity contribution in [1.82, 2.24) is 14.5 Å². The molecule has 0 amide bonds. The van der Waals surface area contributed by atoms with Crippen LogP contribution >= 0.6 is 11.6 Å². The molecule has 0 N–H and O–H groups in total. The first-order valence-corrected chi connectivity index (χ1v) is 5.87. The summed E-state index contributed by atoms with van der Waals surface area (Å²) in [6.45, 7) is 0. The van der Waals surface area contributed by atoms with E-state index in [4.69, 9.17) is 11.6 Å². The molecule has 0 saturated carbocycles. The van der Waals surface area contributed by atoms with Crippen LogP contribution in [0.3, 0.4) is 0 Å². The standard InChI is InChI=1S/C13H8ClF2N3/c1-19-12-4-8(14)9(15)5-11(12)18-13(19)7-2-3-17-6-10(7)16/h2-6H,1H3. The molecule has 2 heterocycles. The molecule has 0 spiro atoms. The zero-order valence-corrected chi connectivity index (χ0v) is 10.6. The van der Waals surface area contributed by atoms with Crippen LogP contribution in [0.15, 0.2) is 30.6 Å². The van der Waals surface area contributed by atoms with Gasteiger partial charge in [0.1, 0.15) is 11.6 Å². The van der Waals surface area contributed by atoms with E-state index in [-0.39, 0.29) is 5.02 Å². The Morgan fingerprint density at radius 3 is 2.74 bits per heavy atom. The second-order valence-corrected chi connectivity index (χ2v) is 4.51. The molecule has 96 valence electrons. The number of halogens is 3. The van der Waals surface area contributed by atoms with Gasteiger partial charge in [-0.1, -0.05) is 11.6 Å². The molecule has 3 rings (SSSR count). The lowest BCUT2D eigenvalue weighted by atomic mass is 10.2. The summed E-state index contributed by atoms with van der Waals surface area (Å²) in [5.74, 6) is -0.627. The zero-order chi connectivity index (χ0) is 13.6. The third-order valence-electron chi connectivity index (χ3n) is 2.94. The Morgan fingerprint density at radius 2 is 2.00 bits per heavy atom. The van der Waals surface area contributed by atoms with Crippen molar-refractivity contribution in [3.05, 3.63) is 47.2 Å². The van der Waals surface area contributed by atoms with Crippen molar-refractivity contribution in [3.63, 3.8) is 0 Å². The summed E-state index contributed by atoms with van der Waals surface area (Å²) in [5.41, 5.74) is 1.37. The van der Waals surface area contributed by atoms with E-state index < -0.39 is 11.6 Å². The largest absolute Gasteiger partial charge is 0.327 e. The Bertz CT molecular complexity index is 783. The summed E-state index contributed by atoms with van der Waals surface area (Å²) in [6.07, 6.45) is 2.59. The molecule has 0 fully saturated rings. The van der Waals surface area contributed by atoms with Gasteiger partial charge >= 0.3 is 0 Å². The smallest absolute Gasteiger partial charge is 0.152 e. The number of aryl methyl sites for hydroxylation is 1. The minimum Gasteiger partial charge on any atom is -0.327 e. The van der Waals surface area contributed by atoms with Crippen molar-refractivity contribution in [3.8, 4) is 11.4 Å². The van der Waals surface area contributed by atoms with Gasteiger partial charge in [-0.05, 0) is 12.1 Å². The molecule has 19 heavy (non-hydrogen) atoms. The van der Waals surface area contributed by atoms with Crippen molar-refractivity contribution in [2.24, 2.45) is 7.05 Å². The predicted octanol–water partition coefficient (Wildman–Crippen LogP) is 3.57. The normalized spacial score (nSPS) is 11.2. The summed E-state index contributed by atoms with van der Waals surface area (Å²) in [4.78, 5) is 7.93. The highest BCUT2D eigenvalue weighted by atomic mass is 35.5. The van der Waals surface area contributed by atoms with Gasteiger partial charge in [0.2, 0.25) is 0 Å². The Morgan fingerprint density at radius 1 is 1.21 bits per heavy atom. The van der Waals surface area contributed by atoms with Gasteiger partial charge in [-0.15, -0.1) is 0 Å². The maximum absolute atomic E-state index is 13.7. The van der Waals surface area contributed by atoms with Gasteiger partial charge in [0.05, 0.1) is 27.8 Å². The molecule has 0 aliphatic heterocycles. The van der Waals surface area contributed by atoms with E-state index in [1.807, 2.05) is 0 Å². The van der Waals surface area contributed by atoms with Gasteiger partial charge in [0.25, 0.3) is 0 Å². The van der Waals surface area contributed by atoms with Crippen LogP contribution in [0.4, 0.5) is 8.78 Å². The summed E-state index contributed by atoms with van der Waals surface area (Å²) >= 11 is 5.75. The van der Waals surface area contributed by atoms with Crippen LogP contribution in [0.25, 0.3) is 22.4 Å². The number of benzene rings is 1. The maximum atomic E-state index is 13.7. The first-order valence-electron chi connectivity index (χ1n) is 5.49. The molecule has 2 aromatic heterocycles. The molecular formula is C13H8ClF2N3. The van der Waals surface area contributed by atoms with E-state index >= 15 is 0 Å². The highest BCUT2D eigenvalue weighted by molar-refractivity contribution is 6.31. The second kappa shape index (κ2) is 4.28. The average Bonchev–Trinajstić information content (AvgIpc) is 2.68. The van der Waals surface area contributed by atoms with Gasteiger partial charge in [0, 0.05) is 19.3 Å². The minimum absolute atomic E-state index is 0.0113. The van der Waals surface area contributed by atoms with Crippen molar-refractivity contribution in [2.45, 2.75) is 0 Å². The number of hydrogen-bond acceptors (Lipinski definition) is 2. The summed E-state index contributed by atoms with van der Waals surface area (Å²) in [5, 5.41) is 0.0113. The van der Waals surface area contributed by atoms with Gasteiger partial charge in [-0.2, -0.15) is 0 Å². The fourth-order valence-corrected chi connectivity index (χ4v) is 2.14. The monoisotopic (exact) mass is 279 g/mol. The lowest BCUT2D eigenvalue weighted by Gasteiger charge is -2.03. The molecule has 3 aromatic rings. The van der Waals surface area contributed by atoms with Crippen molar-refractivity contribution in [1.29, 1.82) is 0 Å². The number of nitrogens with zero attached hydrogens (tertiary/aromatic N) is 3. The number of aromatic nitrogens is 3. The Hall–Kier alpha value is -2.01. The number of pyridine rings is 1. The van der Waals surface area contributed by atoms with E-state index in [0.29, 0.717) is 22.4 Å². The fraction of sp³-hybridized carbons (Fsp3) is 0.0769. The first-order chi connectivity index (χ1) is 9.08. The molecule has 0 radical (unpaired) electrons. The highest BCUT2D eigenvalue weighted by Crippen LogP contribution is 2.28. The molecule has 0 bridgehead atoms. The summed E-state index contributed by atoms with van der Waals surface area (Å²) < 4.78 is 28.8. The fourth-order valence-electron chi connectivity index (χ4n) is 1.98. The van der Waals surface area contributed by atoms with Crippen LogP contribution in [0.1, 0.15) is 0 Å². The Balaban J connectivity index is 2.32. The van der Waals surface area contributed by atoms with E-state index in [1.165, 1.54) is 24.4 Å². The zero-order valence-electron chi connectivity index (χ0n) is 9.86. The number of rotatable bonds is 1. The van der Waals surface area contributed by atoms with Gasteiger partial charge in [-0.3, -0.25) is 4.98 Å². The number of hydrogen-bond donors (Lipinski definition) is 0. The second-order valence-electron chi connectivity index (χ2n) is 4.10. The van der Waals surface area contributed by atoms with Crippen LogP contribution in [-0.2, 0) is 7.05 Å². The van der Waals surface area contributed by atoms with Crippen molar-refractivity contribution >= 4 is 22.6 Å². The number of imidazole rings is 1. The van der Waals surface area contributed by atoms with Crippen molar-refractivity contribution < 1.29 is 8.78 Å². The molecule has 3 nitrogen and oxygen atoms in total. The Labute approximate surface area is 112 Å². The average molecular weight is 280 g/mol. The summed E-state index contributed by atoms with van der Waals surface area (Å²) in [6, 6.07) is 4.23. The van der Waals surface area contributed by atoms with Crippen LogP contribution in [0.5, 0.6) is 0 Å². The van der Waals surface area contributed by atoms with Gasteiger partial charge in [0.15, 0.2) is 5.82 Å². The molecule has 0 aliphatic carbocycles. The van der Waals surface area contributed by atoms with Gasteiger partial charge in [-0.25, -0.2) is 13.8 Å². The third kappa shape index (κ3) is 1.86. The van der Waals surface area contributed by atoms with Crippen LogP contribution in [0.2, 0.25) is 5.02 Å². The molecule has 1 aromatic carbocycles.